The van der Waals surface area contributed by atoms with Crippen molar-refractivity contribution in [3.05, 3.63) is 45.0 Å². The SMILES string of the molecule is C[C@H](Nc1nc(N)nc(N)c1C#N)c1nc2cccc(Cl)c2c(=O)n1CCC(=O)N(C)C. The molecule has 0 aliphatic heterocycles. The highest BCUT2D eigenvalue weighted by Crippen LogP contribution is 2.25. The van der Waals surface area contributed by atoms with E-state index in [0.717, 1.165) is 0 Å². The molecule has 0 aliphatic carbocycles. The fraction of sp³-hybridized carbons (Fsp3) is 0.300. The lowest BCUT2D eigenvalue weighted by molar-refractivity contribution is -0.128. The number of nitrogens with one attached hydrogen (secondary N) is 1. The van der Waals surface area contributed by atoms with Crippen LogP contribution < -0.4 is 22.3 Å². The molecule has 0 fully saturated rings. The second-order valence-electron chi connectivity index (χ2n) is 7.27. The number of nitrogen functional groups attached to an aromatic ring is 2. The first kappa shape index (κ1) is 22.8. The van der Waals surface area contributed by atoms with E-state index in [-0.39, 0.29) is 58.0 Å². The molecule has 0 radical (unpaired) electrons. The lowest BCUT2D eigenvalue weighted by Gasteiger charge is -2.21. The van der Waals surface area contributed by atoms with Crippen molar-refractivity contribution in [3.63, 3.8) is 0 Å². The fourth-order valence-corrected chi connectivity index (χ4v) is 3.45. The molecule has 0 unspecified atom stereocenters. The number of aromatic nitrogens is 4. The van der Waals surface area contributed by atoms with E-state index in [4.69, 9.17) is 23.1 Å². The van der Waals surface area contributed by atoms with Crippen molar-refractivity contribution < 1.29 is 4.79 Å². The summed E-state index contributed by atoms with van der Waals surface area (Å²) in [6.45, 7) is 1.82. The highest BCUT2D eigenvalue weighted by atomic mass is 35.5. The van der Waals surface area contributed by atoms with Crippen LogP contribution in [0.3, 0.4) is 0 Å². The molecule has 11 nitrogen and oxygen atoms in total. The number of amides is 1. The number of benzene rings is 1. The molecule has 0 spiro atoms. The van der Waals surface area contributed by atoms with Gasteiger partial charge >= 0.3 is 0 Å². The van der Waals surface area contributed by atoms with Crippen molar-refractivity contribution in [2.24, 2.45) is 0 Å². The van der Waals surface area contributed by atoms with Gasteiger partial charge in [0.1, 0.15) is 23.3 Å². The number of carbonyl (C=O) groups excluding carboxylic acids is 1. The van der Waals surface area contributed by atoms with Crippen LogP contribution in [0.5, 0.6) is 0 Å². The second-order valence-corrected chi connectivity index (χ2v) is 7.67. The Morgan fingerprint density at radius 3 is 2.69 bits per heavy atom. The largest absolute Gasteiger partial charge is 0.382 e. The molecule has 2 heterocycles. The van der Waals surface area contributed by atoms with Gasteiger partial charge in [-0.1, -0.05) is 17.7 Å². The molecule has 3 aromatic rings. The van der Waals surface area contributed by atoms with Crippen LogP contribution in [0.15, 0.2) is 23.0 Å². The lowest BCUT2D eigenvalue weighted by atomic mass is 10.2. The number of rotatable bonds is 6. The van der Waals surface area contributed by atoms with Crippen molar-refractivity contribution >= 4 is 46.0 Å². The van der Waals surface area contributed by atoms with Gasteiger partial charge in [0.25, 0.3) is 5.56 Å². The topological polar surface area (TPSA) is 169 Å². The Labute approximate surface area is 188 Å². The van der Waals surface area contributed by atoms with Gasteiger partial charge < -0.3 is 21.7 Å². The van der Waals surface area contributed by atoms with E-state index in [0.29, 0.717) is 11.3 Å². The Kier molecular flexibility index (Phi) is 6.45. The maximum atomic E-state index is 13.3. The highest BCUT2D eigenvalue weighted by molar-refractivity contribution is 6.35. The number of hydrogen-bond donors (Lipinski definition) is 3. The number of hydrogen-bond acceptors (Lipinski definition) is 9. The molecule has 0 saturated carbocycles. The predicted molar refractivity (Wildman–Crippen MR) is 122 cm³/mol. The molecule has 32 heavy (non-hydrogen) atoms. The highest BCUT2D eigenvalue weighted by Gasteiger charge is 2.21. The maximum absolute atomic E-state index is 13.3. The zero-order valence-electron chi connectivity index (χ0n) is 17.8. The number of halogens is 1. The van der Waals surface area contributed by atoms with Gasteiger partial charge in [-0.05, 0) is 19.1 Å². The van der Waals surface area contributed by atoms with E-state index in [1.165, 1.54) is 9.47 Å². The average Bonchev–Trinajstić information content (AvgIpc) is 2.72. The number of nitriles is 1. The van der Waals surface area contributed by atoms with Crippen LogP contribution in [-0.4, -0.2) is 44.4 Å². The molecule has 1 aromatic carbocycles. The first-order valence-corrected chi connectivity index (χ1v) is 10.0. The summed E-state index contributed by atoms with van der Waals surface area (Å²) in [7, 11) is 3.28. The van der Waals surface area contributed by atoms with Crippen LogP contribution in [0.1, 0.15) is 30.8 Å². The molecule has 1 atom stereocenters. The first-order valence-electron chi connectivity index (χ1n) is 9.62. The molecule has 0 bridgehead atoms. The molecule has 0 aliphatic rings. The molecule has 1 amide bonds. The molecular weight excluding hydrogens is 434 g/mol. The Balaban J connectivity index is 2.12. The smallest absolute Gasteiger partial charge is 0.262 e. The molecule has 12 heteroatoms. The third kappa shape index (κ3) is 4.40. The summed E-state index contributed by atoms with van der Waals surface area (Å²) < 4.78 is 1.40. The number of anilines is 3. The number of nitrogens with zero attached hydrogens (tertiary/aromatic N) is 6. The van der Waals surface area contributed by atoms with Crippen molar-refractivity contribution in [1.82, 2.24) is 24.4 Å². The number of nitrogens with two attached hydrogens (primary N) is 2. The minimum absolute atomic E-state index is 0.0200. The van der Waals surface area contributed by atoms with Crippen LogP contribution in [0.2, 0.25) is 5.02 Å². The molecule has 166 valence electrons. The van der Waals surface area contributed by atoms with Gasteiger partial charge in [0.15, 0.2) is 5.82 Å². The molecule has 0 saturated heterocycles. The molecular formula is C20H22ClN9O2. The van der Waals surface area contributed by atoms with Gasteiger partial charge in [-0.15, -0.1) is 0 Å². The second kappa shape index (κ2) is 9.07. The Morgan fingerprint density at radius 2 is 2.03 bits per heavy atom. The first-order chi connectivity index (χ1) is 15.1. The van der Waals surface area contributed by atoms with Crippen molar-refractivity contribution in [3.8, 4) is 6.07 Å². The van der Waals surface area contributed by atoms with E-state index in [1.807, 2.05) is 6.07 Å². The Morgan fingerprint density at radius 1 is 1.31 bits per heavy atom. The lowest BCUT2D eigenvalue weighted by Crippen LogP contribution is -2.31. The van der Waals surface area contributed by atoms with E-state index < -0.39 is 6.04 Å². The minimum Gasteiger partial charge on any atom is -0.382 e. The van der Waals surface area contributed by atoms with Crippen LogP contribution in [-0.2, 0) is 11.3 Å². The van der Waals surface area contributed by atoms with E-state index >= 15 is 0 Å². The van der Waals surface area contributed by atoms with E-state index in [2.05, 4.69) is 20.3 Å². The van der Waals surface area contributed by atoms with E-state index in [1.54, 1.807) is 39.2 Å². The quantitative estimate of drug-likeness (QED) is 0.498. The van der Waals surface area contributed by atoms with Gasteiger partial charge in [0.2, 0.25) is 11.9 Å². The van der Waals surface area contributed by atoms with Crippen molar-refractivity contribution in [1.29, 1.82) is 5.26 Å². The van der Waals surface area contributed by atoms with Crippen LogP contribution in [0.4, 0.5) is 17.6 Å². The summed E-state index contributed by atoms with van der Waals surface area (Å²) >= 11 is 6.26. The standard InChI is InChI=1S/C20H22ClN9O2/c1-10(25-17-11(9-22)16(23)27-20(24)28-17)18-26-13-6-4-5-12(21)15(13)19(32)30(18)8-7-14(31)29(2)3/h4-6,10H,7-8H2,1-3H3,(H5,23,24,25,27,28)/t10-/m0/s1. The third-order valence-corrected chi connectivity index (χ3v) is 5.13. The summed E-state index contributed by atoms with van der Waals surface area (Å²) in [6, 6.07) is 6.30. The zero-order chi connectivity index (χ0) is 23.6. The van der Waals surface area contributed by atoms with Crippen LogP contribution in [0.25, 0.3) is 10.9 Å². The molecule has 2 aromatic heterocycles. The fourth-order valence-electron chi connectivity index (χ4n) is 3.20. The number of carbonyl (C=O) groups is 1. The summed E-state index contributed by atoms with van der Waals surface area (Å²) in [5.41, 5.74) is 11.5. The van der Waals surface area contributed by atoms with Crippen LogP contribution >= 0.6 is 11.6 Å². The predicted octanol–water partition coefficient (Wildman–Crippen LogP) is 1.53. The van der Waals surface area contributed by atoms with E-state index in [9.17, 15) is 14.9 Å². The average molecular weight is 456 g/mol. The van der Waals surface area contributed by atoms with Gasteiger partial charge in [-0.25, -0.2) is 4.98 Å². The molecule has 3 rings (SSSR count). The van der Waals surface area contributed by atoms with Gasteiger partial charge in [-0.3, -0.25) is 14.2 Å². The maximum Gasteiger partial charge on any atom is 0.262 e. The summed E-state index contributed by atoms with van der Waals surface area (Å²) in [4.78, 5) is 39.4. The molecule has 5 N–H and O–H groups in total. The van der Waals surface area contributed by atoms with Gasteiger partial charge in [-0.2, -0.15) is 15.2 Å². The van der Waals surface area contributed by atoms with Crippen molar-refractivity contribution in [2.45, 2.75) is 25.9 Å². The van der Waals surface area contributed by atoms with Gasteiger partial charge in [0.05, 0.1) is 22.0 Å². The summed E-state index contributed by atoms with van der Waals surface area (Å²) in [5.74, 6) is 0.119. The Hall–Kier alpha value is -3.91. The monoisotopic (exact) mass is 455 g/mol. The van der Waals surface area contributed by atoms with Crippen LogP contribution in [0, 0.1) is 11.3 Å². The zero-order valence-corrected chi connectivity index (χ0v) is 18.5. The minimum atomic E-state index is -0.610. The van der Waals surface area contributed by atoms with Crippen molar-refractivity contribution in [2.75, 3.05) is 30.9 Å². The summed E-state index contributed by atoms with van der Waals surface area (Å²) in [5, 5.41) is 13.0. The Bertz CT molecular complexity index is 1300. The summed E-state index contributed by atoms with van der Waals surface area (Å²) in [6.07, 6.45) is 0.0844. The normalized spacial score (nSPS) is 11.7. The number of fused-ring (bicyclic) bond motifs is 1. The third-order valence-electron chi connectivity index (χ3n) is 4.82. The van der Waals surface area contributed by atoms with Gasteiger partial charge in [0, 0.05) is 27.1 Å².